The number of hydrogen-bond acceptors (Lipinski definition) is 4. The number of hydrogen-bond donors (Lipinski definition) is 3. The number of unbranched alkanes of at least 4 members (excludes halogenated alkanes) is 18. The molecule has 8 heteroatoms. The second-order valence-corrected chi connectivity index (χ2v) is 14.2. The summed E-state index contributed by atoms with van der Waals surface area (Å²) in [6.07, 6.45) is 23.8. The number of benzene rings is 2. The molecule has 276 valence electrons. The lowest BCUT2D eigenvalue weighted by molar-refractivity contribution is -0.121. The summed E-state index contributed by atoms with van der Waals surface area (Å²) in [4.78, 5) is 39.3. The van der Waals surface area contributed by atoms with Crippen molar-refractivity contribution in [3.05, 3.63) is 59.7 Å². The Kier molecular flexibility index (Phi) is 21.1. The maximum atomic E-state index is 13.3. The Balaban J connectivity index is 1.42. The molecule has 0 bridgehead atoms. The van der Waals surface area contributed by atoms with Crippen LogP contribution in [-0.4, -0.2) is 50.7 Å². The van der Waals surface area contributed by atoms with Crippen LogP contribution in [0, 0.1) is 0 Å². The van der Waals surface area contributed by atoms with Crippen molar-refractivity contribution in [3.8, 4) is 11.1 Å². The molecular formula is C42H66BN3O4. The summed E-state index contributed by atoms with van der Waals surface area (Å²) >= 11 is 0. The van der Waals surface area contributed by atoms with Crippen LogP contribution in [0.2, 0.25) is 0 Å². The van der Waals surface area contributed by atoms with Gasteiger partial charge < -0.3 is 20.7 Å². The lowest BCUT2D eigenvalue weighted by Crippen LogP contribution is -2.54. The van der Waals surface area contributed by atoms with Crippen LogP contribution in [0.25, 0.3) is 11.1 Å². The highest BCUT2D eigenvalue weighted by atomic mass is 16.5. The van der Waals surface area contributed by atoms with Gasteiger partial charge in [0, 0.05) is 19.0 Å². The molecule has 3 rings (SSSR count). The fourth-order valence-corrected chi connectivity index (χ4v) is 7.04. The average molecular weight is 688 g/mol. The monoisotopic (exact) mass is 688 g/mol. The number of carbonyl (C=O) groups excluding carboxylic acids is 3. The van der Waals surface area contributed by atoms with Crippen molar-refractivity contribution in [1.82, 2.24) is 16.0 Å². The van der Waals surface area contributed by atoms with Crippen molar-refractivity contribution in [2.24, 2.45) is 0 Å². The molecule has 0 spiro atoms. The molecule has 0 saturated heterocycles. The molecule has 1 aliphatic rings. The topological polar surface area (TPSA) is 96.5 Å². The minimum absolute atomic E-state index is 0.0823. The van der Waals surface area contributed by atoms with E-state index in [1.807, 2.05) is 24.3 Å². The molecule has 0 aliphatic heterocycles. The quantitative estimate of drug-likeness (QED) is 0.0613. The summed E-state index contributed by atoms with van der Waals surface area (Å²) in [6, 6.07) is 16.4. The molecule has 2 aromatic carbocycles. The predicted octanol–water partition coefficient (Wildman–Crippen LogP) is 9.96. The normalized spacial score (nSPS) is 12.5. The van der Waals surface area contributed by atoms with Gasteiger partial charge in [0.25, 0.3) is 7.28 Å². The van der Waals surface area contributed by atoms with Crippen molar-refractivity contribution >= 4 is 25.1 Å². The first-order valence-electron chi connectivity index (χ1n) is 20.2. The third kappa shape index (κ3) is 15.7. The Labute approximate surface area is 304 Å². The number of fused-ring (bicyclic) bond motifs is 3. The molecule has 3 amide bonds. The smallest absolute Gasteiger partial charge is 0.407 e. The minimum atomic E-state index is -0.999. The Morgan fingerprint density at radius 2 is 1.02 bits per heavy atom. The van der Waals surface area contributed by atoms with E-state index in [0.717, 1.165) is 54.4 Å². The summed E-state index contributed by atoms with van der Waals surface area (Å²) in [5, 5.41) is 8.65. The zero-order chi connectivity index (χ0) is 35.7. The zero-order valence-electron chi connectivity index (χ0n) is 31.4. The first kappa shape index (κ1) is 41.1. The molecule has 0 aromatic heterocycles. The van der Waals surface area contributed by atoms with E-state index in [4.69, 9.17) is 4.74 Å². The van der Waals surface area contributed by atoms with Gasteiger partial charge in [0.15, 0.2) is 5.81 Å². The molecule has 0 saturated carbocycles. The predicted molar refractivity (Wildman–Crippen MR) is 209 cm³/mol. The van der Waals surface area contributed by atoms with Crippen molar-refractivity contribution in [2.45, 2.75) is 154 Å². The number of nitrogens with one attached hydrogen (secondary N) is 3. The lowest BCUT2D eigenvalue weighted by atomic mass is 9.68. The Bertz CT molecular complexity index is 1210. The number of rotatable bonds is 28. The Morgan fingerprint density at radius 1 is 0.600 bits per heavy atom. The second-order valence-electron chi connectivity index (χ2n) is 14.2. The van der Waals surface area contributed by atoms with Crippen LogP contribution < -0.4 is 16.0 Å². The molecule has 7 nitrogen and oxygen atoms in total. The van der Waals surface area contributed by atoms with Gasteiger partial charge in [0.2, 0.25) is 5.91 Å². The van der Waals surface area contributed by atoms with Crippen LogP contribution in [-0.2, 0) is 9.53 Å². The van der Waals surface area contributed by atoms with E-state index in [0.29, 0.717) is 13.1 Å². The average Bonchev–Trinajstić information content (AvgIpc) is 3.45. The molecular weight excluding hydrogens is 621 g/mol. The Morgan fingerprint density at radius 3 is 1.50 bits per heavy atom. The van der Waals surface area contributed by atoms with Gasteiger partial charge in [-0.2, -0.15) is 0 Å². The van der Waals surface area contributed by atoms with Gasteiger partial charge in [-0.1, -0.05) is 178 Å². The molecule has 0 fully saturated rings. The summed E-state index contributed by atoms with van der Waals surface area (Å²) < 4.78 is 5.72. The molecule has 50 heavy (non-hydrogen) atoms. The fraction of sp³-hybridized carbons (Fsp3) is 0.643. The fourth-order valence-electron chi connectivity index (χ4n) is 7.04. The minimum Gasteiger partial charge on any atom is -0.449 e. The lowest BCUT2D eigenvalue weighted by Gasteiger charge is -2.19. The molecule has 3 N–H and O–H groups in total. The Hall–Kier alpha value is -3.29. The second kappa shape index (κ2) is 25.6. The molecule has 0 heterocycles. The van der Waals surface area contributed by atoms with Gasteiger partial charge >= 0.3 is 6.09 Å². The SMILES string of the molecule is CCCCCCCCCCCCNC(=O)B[C@H](NC(=O)OCC1c2ccccc2-c2ccccc21)C(=O)NCCCCCCCCCCCC. The summed E-state index contributed by atoms with van der Waals surface area (Å²) in [7, 11) is -0.119. The largest absolute Gasteiger partial charge is 0.449 e. The van der Waals surface area contributed by atoms with E-state index in [9.17, 15) is 14.4 Å². The van der Waals surface area contributed by atoms with E-state index >= 15 is 0 Å². The van der Waals surface area contributed by atoms with Gasteiger partial charge in [-0.3, -0.25) is 9.59 Å². The number of amides is 3. The highest BCUT2D eigenvalue weighted by Gasteiger charge is 2.30. The highest BCUT2D eigenvalue weighted by molar-refractivity contribution is 6.77. The third-order valence-electron chi connectivity index (χ3n) is 10.0. The van der Waals surface area contributed by atoms with Crippen LogP contribution in [0.5, 0.6) is 0 Å². The maximum absolute atomic E-state index is 13.3. The summed E-state index contributed by atoms with van der Waals surface area (Å²) in [6.45, 7) is 5.74. The van der Waals surface area contributed by atoms with E-state index in [2.05, 4.69) is 54.1 Å². The maximum Gasteiger partial charge on any atom is 0.407 e. The van der Waals surface area contributed by atoms with Gasteiger partial charge in [-0.25, -0.2) is 4.79 Å². The third-order valence-corrected chi connectivity index (χ3v) is 10.0. The van der Waals surface area contributed by atoms with Crippen LogP contribution in [0.15, 0.2) is 48.5 Å². The van der Waals surface area contributed by atoms with Gasteiger partial charge in [-0.05, 0) is 35.1 Å². The van der Waals surface area contributed by atoms with E-state index in [1.165, 1.54) is 96.3 Å². The van der Waals surface area contributed by atoms with E-state index in [1.54, 1.807) is 0 Å². The molecule has 1 aliphatic carbocycles. The van der Waals surface area contributed by atoms with Gasteiger partial charge in [-0.15, -0.1) is 0 Å². The van der Waals surface area contributed by atoms with E-state index in [-0.39, 0.29) is 31.5 Å². The van der Waals surface area contributed by atoms with Crippen molar-refractivity contribution in [1.29, 1.82) is 0 Å². The van der Waals surface area contributed by atoms with Crippen LogP contribution in [0.4, 0.5) is 9.59 Å². The number of alkyl carbamates (subject to hydrolysis) is 1. The molecule has 1 atom stereocenters. The van der Waals surface area contributed by atoms with Gasteiger partial charge in [0.1, 0.15) is 6.61 Å². The van der Waals surface area contributed by atoms with Crippen LogP contribution in [0.1, 0.15) is 159 Å². The van der Waals surface area contributed by atoms with Crippen LogP contribution in [0.3, 0.4) is 0 Å². The number of ether oxygens (including phenoxy) is 1. The first-order chi connectivity index (χ1) is 24.5. The van der Waals surface area contributed by atoms with Crippen molar-refractivity contribution in [2.75, 3.05) is 19.7 Å². The standard InChI is InChI=1S/C42H66BN3O4/c1-3-5-7-9-11-13-15-17-19-25-31-44-40(47)39(43-41(48)45-32-26-20-18-16-14-12-10-8-6-4-2)46-42(49)50-33-38-36-29-23-21-27-34(36)35-28-22-24-30-37(35)38/h21-24,27-30,38-39,43H,3-20,25-26,31-33H2,1-2H3,(H,44,47)(H,45,48)(H,46,49)/t39-/m1/s1. The number of carbonyl (C=O) groups is 3. The van der Waals surface area contributed by atoms with Crippen molar-refractivity contribution in [3.63, 3.8) is 0 Å². The van der Waals surface area contributed by atoms with Crippen molar-refractivity contribution < 1.29 is 19.1 Å². The van der Waals surface area contributed by atoms with Gasteiger partial charge in [0.05, 0.1) is 5.94 Å². The van der Waals surface area contributed by atoms with E-state index < -0.39 is 12.0 Å². The summed E-state index contributed by atoms with van der Waals surface area (Å²) in [5.74, 6) is -1.66. The molecule has 0 unspecified atom stereocenters. The van der Waals surface area contributed by atoms with Crippen LogP contribution >= 0.6 is 0 Å². The first-order valence-corrected chi connectivity index (χ1v) is 20.2. The summed E-state index contributed by atoms with van der Waals surface area (Å²) in [5.41, 5.74) is 4.55. The molecule has 2 aromatic rings. The highest BCUT2D eigenvalue weighted by Crippen LogP contribution is 2.44. The zero-order valence-corrected chi connectivity index (χ0v) is 31.4. The molecule has 0 radical (unpaired) electrons.